The van der Waals surface area contributed by atoms with Gasteiger partial charge < -0.3 is 14.7 Å². The van der Waals surface area contributed by atoms with Crippen molar-refractivity contribution in [2.75, 3.05) is 6.61 Å². The highest BCUT2D eigenvalue weighted by molar-refractivity contribution is 5.69. The Morgan fingerprint density at radius 3 is 2.76 bits per heavy atom. The minimum Gasteiger partial charge on any atom is -0.445 e. The third-order valence-corrected chi connectivity index (χ3v) is 3.11. The van der Waals surface area contributed by atoms with Crippen LogP contribution >= 0.6 is 0 Å². The predicted molar refractivity (Wildman–Crippen MR) is 63.4 cm³/mol. The van der Waals surface area contributed by atoms with Crippen LogP contribution in [0.4, 0.5) is 4.79 Å². The van der Waals surface area contributed by atoms with Gasteiger partial charge in [-0.15, -0.1) is 0 Å². The summed E-state index contributed by atoms with van der Waals surface area (Å²) in [7, 11) is 0. The van der Waals surface area contributed by atoms with Crippen LogP contribution in [0.2, 0.25) is 0 Å². The van der Waals surface area contributed by atoms with Gasteiger partial charge in [-0.25, -0.2) is 4.79 Å². The van der Waals surface area contributed by atoms with E-state index in [1.165, 1.54) is 0 Å². The third-order valence-electron chi connectivity index (χ3n) is 3.11. The number of carbonyl (C=O) groups excluding carboxylic acids is 1. The molecule has 4 heteroatoms. The molecule has 2 atom stereocenters. The van der Waals surface area contributed by atoms with Crippen molar-refractivity contribution in [3.8, 4) is 0 Å². The smallest absolute Gasteiger partial charge is 0.410 e. The van der Waals surface area contributed by atoms with E-state index < -0.39 is 0 Å². The number of aliphatic hydroxyl groups excluding tert-OH is 1. The van der Waals surface area contributed by atoms with Gasteiger partial charge >= 0.3 is 6.09 Å². The predicted octanol–water partition coefficient (Wildman–Crippen LogP) is 1.78. The molecule has 0 saturated carbocycles. The Bertz CT molecular complexity index is 380. The highest BCUT2D eigenvalue weighted by Crippen LogP contribution is 2.25. The van der Waals surface area contributed by atoms with Crippen molar-refractivity contribution < 1.29 is 14.6 Å². The molecule has 1 fully saturated rings. The lowest BCUT2D eigenvalue weighted by atomic mass is 9.96. The first-order valence-corrected chi connectivity index (χ1v) is 5.82. The van der Waals surface area contributed by atoms with Crippen LogP contribution in [0.1, 0.15) is 18.9 Å². The van der Waals surface area contributed by atoms with E-state index in [1.807, 2.05) is 37.3 Å². The number of aliphatic hydroxyl groups is 1. The van der Waals surface area contributed by atoms with Crippen LogP contribution in [0.5, 0.6) is 0 Å². The minimum absolute atomic E-state index is 0.00474. The van der Waals surface area contributed by atoms with Crippen LogP contribution < -0.4 is 0 Å². The van der Waals surface area contributed by atoms with Gasteiger partial charge in [-0.05, 0) is 18.9 Å². The number of likely N-dealkylation sites (tertiary alicyclic amines) is 1. The average Bonchev–Trinajstić information content (AvgIpc) is 2.34. The molecule has 4 nitrogen and oxygen atoms in total. The fraction of sp³-hybridized carbons (Fsp3) is 0.462. The molecule has 1 amide bonds. The monoisotopic (exact) mass is 235 g/mol. The molecule has 0 bridgehead atoms. The second kappa shape index (κ2) is 5.19. The quantitative estimate of drug-likeness (QED) is 0.868. The van der Waals surface area contributed by atoms with Gasteiger partial charge in [-0.2, -0.15) is 0 Å². The molecule has 1 aromatic rings. The fourth-order valence-electron chi connectivity index (χ4n) is 2.13. The van der Waals surface area contributed by atoms with Gasteiger partial charge in [0.2, 0.25) is 0 Å². The summed E-state index contributed by atoms with van der Waals surface area (Å²) in [6.07, 6.45) is 0.503. The Hall–Kier alpha value is -1.55. The molecule has 1 heterocycles. The summed E-state index contributed by atoms with van der Waals surface area (Å²) in [5.74, 6) is 0. The van der Waals surface area contributed by atoms with Gasteiger partial charge in [-0.1, -0.05) is 30.3 Å². The van der Waals surface area contributed by atoms with Crippen LogP contribution in [-0.4, -0.2) is 34.8 Å². The maximum Gasteiger partial charge on any atom is 0.410 e. The number of carbonyl (C=O) groups is 1. The number of ether oxygens (including phenoxy) is 1. The second-order valence-electron chi connectivity index (χ2n) is 4.37. The Balaban J connectivity index is 1.85. The lowest BCUT2D eigenvalue weighted by molar-refractivity contribution is -0.0124. The van der Waals surface area contributed by atoms with E-state index in [0.29, 0.717) is 0 Å². The summed E-state index contributed by atoms with van der Waals surface area (Å²) in [6, 6.07) is 9.65. The Morgan fingerprint density at radius 2 is 2.18 bits per heavy atom. The highest BCUT2D eigenvalue weighted by atomic mass is 16.6. The normalized spacial score (nSPS) is 23.1. The maximum absolute atomic E-state index is 11.8. The van der Waals surface area contributed by atoms with Crippen LogP contribution in [-0.2, 0) is 11.3 Å². The number of hydrogen-bond acceptors (Lipinski definition) is 3. The molecule has 17 heavy (non-hydrogen) atoms. The zero-order valence-electron chi connectivity index (χ0n) is 9.87. The Morgan fingerprint density at radius 1 is 1.47 bits per heavy atom. The lowest BCUT2D eigenvalue weighted by Gasteiger charge is -2.45. The van der Waals surface area contributed by atoms with Crippen molar-refractivity contribution in [1.82, 2.24) is 4.90 Å². The number of nitrogens with zero attached hydrogens (tertiary/aromatic N) is 1. The largest absolute Gasteiger partial charge is 0.445 e. The standard InChI is InChI=1S/C13H17NO3/c1-10-7-12(8-15)14(10)13(16)17-9-11-5-3-2-4-6-11/h2-6,10,12,15H,7-9H2,1H3. The zero-order chi connectivity index (χ0) is 12.3. The molecule has 92 valence electrons. The van der Waals surface area contributed by atoms with Gasteiger partial charge in [0.25, 0.3) is 0 Å². The van der Waals surface area contributed by atoms with Crippen LogP contribution in [0.25, 0.3) is 0 Å². The number of rotatable bonds is 3. The first-order valence-electron chi connectivity index (χ1n) is 5.82. The minimum atomic E-state index is -0.341. The SMILES string of the molecule is CC1CC(CO)N1C(=O)OCc1ccccc1. The first-order chi connectivity index (χ1) is 8.22. The number of amides is 1. The maximum atomic E-state index is 11.8. The van der Waals surface area contributed by atoms with Crippen molar-refractivity contribution in [3.05, 3.63) is 35.9 Å². The molecule has 2 unspecified atom stereocenters. The van der Waals surface area contributed by atoms with E-state index in [-0.39, 0.29) is 31.4 Å². The summed E-state index contributed by atoms with van der Waals surface area (Å²) < 4.78 is 5.21. The van der Waals surface area contributed by atoms with E-state index in [2.05, 4.69) is 0 Å². The lowest BCUT2D eigenvalue weighted by Crippen LogP contribution is -2.58. The number of benzene rings is 1. The molecule has 1 aromatic carbocycles. The van der Waals surface area contributed by atoms with Crippen LogP contribution in [0.15, 0.2) is 30.3 Å². The third kappa shape index (κ3) is 2.58. The molecular formula is C13H17NO3. The Kier molecular flexibility index (Phi) is 3.64. The van der Waals surface area contributed by atoms with Gasteiger partial charge in [-0.3, -0.25) is 0 Å². The summed E-state index contributed by atoms with van der Waals surface area (Å²) in [5, 5.41) is 9.06. The topological polar surface area (TPSA) is 49.8 Å². The van der Waals surface area contributed by atoms with Crippen molar-refractivity contribution in [2.24, 2.45) is 0 Å². The molecule has 1 saturated heterocycles. The molecule has 0 aromatic heterocycles. The van der Waals surface area contributed by atoms with Gasteiger partial charge in [0, 0.05) is 6.04 Å². The summed E-state index contributed by atoms with van der Waals surface area (Å²) in [4.78, 5) is 13.4. The summed E-state index contributed by atoms with van der Waals surface area (Å²) in [5.41, 5.74) is 0.967. The highest BCUT2D eigenvalue weighted by Gasteiger charge is 2.39. The van der Waals surface area contributed by atoms with Crippen LogP contribution in [0.3, 0.4) is 0 Å². The van der Waals surface area contributed by atoms with E-state index in [1.54, 1.807) is 4.90 Å². The molecule has 1 aliphatic rings. The van der Waals surface area contributed by atoms with Crippen molar-refractivity contribution in [1.29, 1.82) is 0 Å². The molecular weight excluding hydrogens is 218 g/mol. The van der Waals surface area contributed by atoms with E-state index >= 15 is 0 Å². The van der Waals surface area contributed by atoms with E-state index in [4.69, 9.17) is 9.84 Å². The van der Waals surface area contributed by atoms with Crippen molar-refractivity contribution in [3.63, 3.8) is 0 Å². The molecule has 0 spiro atoms. The zero-order valence-corrected chi connectivity index (χ0v) is 9.87. The van der Waals surface area contributed by atoms with Gasteiger partial charge in [0.1, 0.15) is 6.61 Å². The molecule has 1 N–H and O–H groups in total. The van der Waals surface area contributed by atoms with Gasteiger partial charge in [0.15, 0.2) is 0 Å². The molecule has 0 aliphatic carbocycles. The molecule has 1 aliphatic heterocycles. The summed E-state index contributed by atoms with van der Waals surface area (Å²) in [6.45, 7) is 2.24. The number of hydrogen-bond donors (Lipinski definition) is 1. The van der Waals surface area contributed by atoms with Crippen LogP contribution in [0, 0.1) is 0 Å². The van der Waals surface area contributed by atoms with Gasteiger partial charge in [0.05, 0.1) is 12.6 Å². The first kappa shape index (κ1) is 11.9. The van der Waals surface area contributed by atoms with E-state index in [9.17, 15) is 4.79 Å². The van der Waals surface area contributed by atoms with Crippen molar-refractivity contribution in [2.45, 2.75) is 32.0 Å². The second-order valence-corrected chi connectivity index (χ2v) is 4.37. The fourth-order valence-corrected chi connectivity index (χ4v) is 2.13. The van der Waals surface area contributed by atoms with Crippen molar-refractivity contribution >= 4 is 6.09 Å². The summed E-state index contributed by atoms with van der Waals surface area (Å²) >= 11 is 0. The molecule has 2 rings (SSSR count). The Labute approximate surface area is 101 Å². The molecule has 0 radical (unpaired) electrons. The average molecular weight is 235 g/mol. The van der Waals surface area contributed by atoms with E-state index in [0.717, 1.165) is 12.0 Å².